The van der Waals surface area contributed by atoms with Gasteiger partial charge in [0.25, 0.3) is 0 Å². The number of benzene rings is 1. The number of carbonyl (C=O) groups is 2. The van der Waals surface area contributed by atoms with Crippen molar-refractivity contribution in [1.82, 2.24) is 19.9 Å². The molecule has 2 N–H and O–H groups in total. The summed E-state index contributed by atoms with van der Waals surface area (Å²) in [5.41, 5.74) is 3.78. The molecule has 0 saturated carbocycles. The van der Waals surface area contributed by atoms with Crippen LogP contribution in [0, 0.1) is 22.7 Å². The number of hydrogen-bond donors (Lipinski definition) is 2. The Morgan fingerprint density at radius 2 is 2.00 bits per heavy atom. The molecule has 32 heavy (non-hydrogen) atoms. The van der Waals surface area contributed by atoms with Crippen molar-refractivity contribution >= 4 is 40.4 Å². The number of carbonyl (C=O) groups excluding carboxylic acids is 2. The predicted octanol–water partition coefficient (Wildman–Crippen LogP) is 3.93. The van der Waals surface area contributed by atoms with E-state index in [0.717, 1.165) is 23.2 Å². The van der Waals surface area contributed by atoms with Gasteiger partial charge in [-0.3, -0.25) is 9.59 Å². The summed E-state index contributed by atoms with van der Waals surface area (Å²) in [7, 11) is 0. The van der Waals surface area contributed by atoms with E-state index >= 15 is 0 Å². The Balaban J connectivity index is 1.55. The largest absolute Gasteiger partial charge is 0.344 e. The number of H-pyrrole nitrogens is 1. The maximum atomic E-state index is 12.7. The number of ketones is 1. The highest BCUT2D eigenvalue weighted by atomic mass is 16.1. The maximum absolute atomic E-state index is 12.7. The van der Waals surface area contributed by atoms with Crippen molar-refractivity contribution in [3.8, 4) is 6.07 Å². The lowest BCUT2D eigenvalue weighted by atomic mass is 9.86. The molecule has 162 valence electrons. The molecule has 0 unspecified atom stereocenters. The lowest BCUT2D eigenvalue weighted by Crippen LogP contribution is -2.45. The van der Waals surface area contributed by atoms with Gasteiger partial charge in [-0.15, -0.1) is 0 Å². The third-order valence-electron chi connectivity index (χ3n) is 5.52. The molecule has 1 aliphatic rings. The molecule has 2 aromatic heterocycles. The first-order chi connectivity index (χ1) is 15.3. The van der Waals surface area contributed by atoms with E-state index < -0.39 is 5.41 Å². The summed E-state index contributed by atoms with van der Waals surface area (Å²) in [6.07, 6.45) is 5.65. The SMILES string of the molecule is CC(C)(C)C(=O)c1c[nH]c2ncc(Nc3ccc(C(=CC#N)C4CN(C=O)C4)cc3)nc12. The average Bonchev–Trinajstić information content (AvgIpc) is 3.15. The third-order valence-corrected chi connectivity index (χ3v) is 5.52. The molecule has 0 aliphatic carbocycles. The number of likely N-dealkylation sites (tertiary alicyclic amines) is 1. The van der Waals surface area contributed by atoms with Crippen LogP contribution < -0.4 is 5.32 Å². The first-order valence-corrected chi connectivity index (χ1v) is 10.4. The smallest absolute Gasteiger partial charge is 0.209 e. The van der Waals surface area contributed by atoms with Crippen LogP contribution in [0.25, 0.3) is 16.7 Å². The number of aromatic amines is 1. The van der Waals surface area contributed by atoms with E-state index in [9.17, 15) is 9.59 Å². The fraction of sp³-hybridized carbons (Fsp3) is 0.292. The molecule has 0 bridgehead atoms. The summed E-state index contributed by atoms with van der Waals surface area (Å²) in [4.78, 5) is 37.2. The zero-order chi connectivity index (χ0) is 22.9. The molecule has 4 rings (SSSR count). The molecule has 0 atom stereocenters. The van der Waals surface area contributed by atoms with Gasteiger partial charge in [-0.2, -0.15) is 5.26 Å². The second-order valence-corrected chi connectivity index (χ2v) is 8.92. The zero-order valence-electron chi connectivity index (χ0n) is 18.2. The van der Waals surface area contributed by atoms with E-state index in [1.165, 1.54) is 0 Å². The minimum Gasteiger partial charge on any atom is -0.344 e. The van der Waals surface area contributed by atoms with Crippen LogP contribution in [-0.2, 0) is 4.79 Å². The fourth-order valence-electron chi connectivity index (χ4n) is 3.72. The van der Waals surface area contributed by atoms with Crippen molar-refractivity contribution < 1.29 is 9.59 Å². The molecular weight excluding hydrogens is 404 g/mol. The van der Waals surface area contributed by atoms with Crippen LogP contribution in [0.15, 0.2) is 42.7 Å². The second kappa shape index (κ2) is 8.27. The molecular formula is C24H24N6O2. The van der Waals surface area contributed by atoms with E-state index in [1.807, 2.05) is 45.0 Å². The van der Waals surface area contributed by atoms with Gasteiger partial charge in [-0.25, -0.2) is 9.97 Å². The summed E-state index contributed by atoms with van der Waals surface area (Å²) in [6, 6.07) is 9.79. The Morgan fingerprint density at radius 1 is 1.28 bits per heavy atom. The Bertz CT molecular complexity index is 1240. The lowest BCUT2D eigenvalue weighted by Gasteiger charge is -2.37. The van der Waals surface area contributed by atoms with Gasteiger partial charge in [0.15, 0.2) is 11.4 Å². The highest BCUT2D eigenvalue weighted by Crippen LogP contribution is 2.31. The molecule has 8 nitrogen and oxygen atoms in total. The highest BCUT2D eigenvalue weighted by molar-refractivity contribution is 6.08. The van der Waals surface area contributed by atoms with Gasteiger partial charge < -0.3 is 15.2 Å². The Morgan fingerprint density at radius 3 is 2.62 bits per heavy atom. The number of amides is 1. The van der Waals surface area contributed by atoms with E-state index in [-0.39, 0.29) is 11.7 Å². The van der Waals surface area contributed by atoms with E-state index in [1.54, 1.807) is 23.4 Å². The van der Waals surface area contributed by atoms with E-state index in [4.69, 9.17) is 5.26 Å². The topological polar surface area (TPSA) is 115 Å². The van der Waals surface area contributed by atoms with Crippen molar-refractivity contribution in [3.05, 3.63) is 53.9 Å². The molecule has 1 fully saturated rings. The number of nitriles is 1. The quantitative estimate of drug-likeness (QED) is 0.349. The van der Waals surface area contributed by atoms with Crippen molar-refractivity contribution in [2.75, 3.05) is 18.4 Å². The standard InChI is InChI=1S/C24H24N6O2/c1-24(2,3)22(32)19-10-26-23-21(19)29-20(11-27-23)28-17-6-4-15(5-7-17)18(8-9-25)16-12-30(13-16)14-31/h4-8,10-11,14,16H,12-13H2,1-3H3,(H,26,27)(H,28,29). The molecule has 1 saturated heterocycles. The van der Waals surface area contributed by atoms with Gasteiger partial charge in [0.1, 0.15) is 11.3 Å². The number of aromatic nitrogens is 3. The summed E-state index contributed by atoms with van der Waals surface area (Å²) < 4.78 is 0. The summed E-state index contributed by atoms with van der Waals surface area (Å²) in [5.74, 6) is 0.695. The average molecular weight is 428 g/mol. The van der Waals surface area contributed by atoms with Gasteiger partial charge in [0, 0.05) is 42.4 Å². The maximum Gasteiger partial charge on any atom is 0.209 e. The van der Waals surface area contributed by atoms with Crippen LogP contribution in [-0.4, -0.2) is 45.1 Å². The normalized spacial score (nSPS) is 14.7. The molecule has 0 radical (unpaired) electrons. The van der Waals surface area contributed by atoms with Crippen LogP contribution >= 0.6 is 0 Å². The monoisotopic (exact) mass is 428 g/mol. The molecule has 3 heterocycles. The number of hydrogen-bond acceptors (Lipinski definition) is 6. The van der Waals surface area contributed by atoms with Crippen LogP contribution in [0.4, 0.5) is 11.5 Å². The van der Waals surface area contributed by atoms with Crippen LogP contribution in [0.2, 0.25) is 0 Å². The Kier molecular flexibility index (Phi) is 5.49. The number of fused-ring (bicyclic) bond motifs is 1. The van der Waals surface area contributed by atoms with Gasteiger partial charge in [-0.1, -0.05) is 32.9 Å². The molecule has 1 amide bonds. The van der Waals surface area contributed by atoms with E-state index in [0.29, 0.717) is 35.6 Å². The van der Waals surface area contributed by atoms with Gasteiger partial charge >= 0.3 is 0 Å². The van der Waals surface area contributed by atoms with Crippen LogP contribution in [0.1, 0.15) is 36.7 Å². The third kappa shape index (κ3) is 4.10. The van der Waals surface area contributed by atoms with Gasteiger partial charge in [0.2, 0.25) is 6.41 Å². The van der Waals surface area contributed by atoms with Crippen molar-refractivity contribution in [2.24, 2.45) is 11.3 Å². The van der Waals surface area contributed by atoms with Crippen molar-refractivity contribution in [2.45, 2.75) is 20.8 Å². The molecule has 3 aromatic rings. The van der Waals surface area contributed by atoms with Crippen LogP contribution in [0.3, 0.4) is 0 Å². The number of nitrogens with one attached hydrogen (secondary N) is 2. The number of anilines is 2. The Hall–Kier alpha value is -3.99. The first-order valence-electron chi connectivity index (χ1n) is 10.4. The van der Waals surface area contributed by atoms with Gasteiger partial charge in [0.05, 0.1) is 17.8 Å². The summed E-state index contributed by atoms with van der Waals surface area (Å²) >= 11 is 0. The Labute approximate surface area is 186 Å². The zero-order valence-corrected chi connectivity index (χ0v) is 18.2. The molecule has 8 heteroatoms. The minimum absolute atomic E-state index is 0.000464. The first kappa shape index (κ1) is 21.2. The molecule has 0 spiro atoms. The minimum atomic E-state index is -0.520. The fourth-order valence-corrected chi connectivity index (χ4v) is 3.72. The summed E-state index contributed by atoms with van der Waals surface area (Å²) in [5, 5.41) is 12.4. The molecule has 1 aromatic carbocycles. The van der Waals surface area contributed by atoms with Crippen molar-refractivity contribution in [3.63, 3.8) is 0 Å². The predicted molar refractivity (Wildman–Crippen MR) is 122 cm³/mol. The number of allylic oxidation sites excluding steroid dienone is 1. The lowest BCUT2D eigenvalue weighted by molar-refractivity contribution is -0.122. The number of rotatable bonds is 6. The highest BCUT2D eigenvalue weighted by Gasteiger charge is 2.29. The van der Waals surface area contributed by atoms with Gasteiger partial charge in [-0.05, 0) is 23.3 Å². The van der Waals surface area contributed by atoms with Crippen LogP contribution in [0.5, 0.6) is 0 Å². The van der Waals surface area contributed by atoms with E-state index in [2.05, 4.69) is 26.3 Å². The second-order valence-electron chi connectivity index (χ2n) is 8.92. The number of Topliss-reactive ketones (excluding diaryl/α,β-unsaturated/α-hetero) is 1. The van der Waals surface area contributed by atoms with Crippen molar-refractivity contribution in [1.29, 1.82) is 5.26 Å². The molecule has 1 aliphatic heterocycles. The number of nitrogens with zero attached hydrogens (tertiary/aromatic N) is 4. The summed E-state index contributed by atoms with van der Waals surface area (Å²) in [6.45, 7) is 6.87.